The van der Waals surface area contributed by atoms with E-state index in [1.165, 1.54) is 10.6 Å². The number of carbonyl (C=O) groups excluding carboxylic acids is 2. The lowest BCUT2D eigenvalue weighted by Gasteiger charge is -2.14. The molecule has 0 radical (unpaired) electrons. The van der Waals surface area contributed by atoms with Crippen LogP contribution in [-0.4, -0.2) is 62.4 Å². The summed E-state index contributed by atoms with van der Waals surface area (Å²) in [6, 6.07) is 12.5. The SMILES string of the molecule is Cc1nc2cc(CNC(=O)c3cc(C(=O)N[C@H]4CCc5cc(-c6nn[nH]n6)ccc54)nc4nnnn34)ccc2o1. The third-order valence-electron chi connectivity index (χ3n) is 6.78. The number of hydrogen-bond donors (Lipinski definition) is 3. The second-order valence-corrected chi connectivity index (χ2v) is 9.35. The lowest BCUT2D eigenvalue weighted by atomic mass is 10.0. The minimum Gasteiger partial charge on any atom is -0.441 e. The fraction of sp³-hybridized carbons (Fsp3) is 0.200. The summed E-state index contributed by atoms with van der Waals surface area (Å²) in [7, 11) is 0. The molecule has 3 N–H and O–H groups in total. The number of amides is 2. The molecule has 0 saturated heterocycles. The molecule has 0 spiro atoms. The number of aryl methyl sites for hydroxylation is 2. The van der Waals surface area contributed by atoms with Crippen molar-refractivity contribution in [2.45, 2.75) is 32.4 Å². The Balaban J connectivity index is 1.10. The maximum absolute atomic E-state index is 13.3. The lowest BCUT2D eigenvalue weighted by molar-refractivity contribution is 0.0931. The first kappa shape index (κ1) is 23.5. The summed E-state index contributed by atoms with van der Waals surface area (Å²) >= 11 is 0. The van der Waals surface area contributed by atoms with Crippen LogP contribution in [0, 0.1) is 6.92 Å². The molecule has 7 rings (SSSR count). The van der Waals surface area contributed by atoms with Crippen LogP contribution in [0.15, 0.2) is 46.9 Å². The maximum atomic E-state index is 13.3. The number of benzene rings is 2. The maximum Gasteiger partial charge on any atom is 0.274 e. The average Bonchev–Trinajstić information content (AvgIpc) is 3.77. The molecule has 1 atom stereocenters. The fourth-order valence-electron chi connectivity index (χ4n) is 4.91. The van der Waals surface area contributed by atoms with Crippen LogP contribution in [0.1, 0.15) is 56.0 Å². The molecule has 2 aromatic carbocycles. The van der Waals surface area contributed by atoms with Crippen molar-refractivity contribution in [2.24, 2.45) is 0 Å². The summed E-state index contributed by atoms with van der Waals surface area (Å²) in [5, 5.41) is 31.3. The van der Waals surface area contributed by atoms with E-state index in [-0.39, 0.29) is 29.8 Å². The Kier molecular flexibility index (Phi) is 5.47. The number of aromatic nitrogens is 10. The van der Waals surface area contributed by atoms with Crippen LogP contribution in [-0.2, 0) is 13.0 Å². The van der Waals surface area contributed by atoms with E-state index < -0.39 is 11.8 Å². The van der Waals surface area contributed by atoms with Gasteiger partial charge >= 0.3 is 0 Å². The lowest BCUT2D eigenvalue weighted by Crippen LogP contribution is -2.30. The molecule has 4 heterocycles. The minimum atomic E-state index is -0.467. The first-order valence-electron chi connectivity index (χ1n) is 12.4. The zero-order valence-electron chi connectivity index (χ0n) is 21.0. The Morgan fingerprint density at radius 2 is 2.02 bits per heavy atom. The van der Waals surface area contributed by atoms with Crippen LogP contribution in [0.5, 0.6) is 0 Å². The molecule has 0 bridgehead atoms. The monoisotopic (exact) mass is 536 g/mol. The van der Waals surface area contributed by atoms with Crippen LogP contribution in [0.4, 0.5) is 0 Å². The van der Waals surface area contributed by atoms with Gasteiger partial charge in [0.05, 0.1) is 6.04 Å². The number of nitrogens with one attached hydrogen (secondary N) is 3. The van der Waals surface area contributed by atoms with Gasteiger partial charge in [-0.2, -0.15) is 9.73 Å². The second kappa shape index (κ2) is 9.30. The van der Waals surface area contributed by atoms with Crippen LogP contribution in [0.3, 0.4) is 0 Å². The zero-order chi connectivity index (χ0) is 27.2. The van der Waals surface area contributed by atoms with Crippen molar-refractivity contribution in [3.8, 4) is 11.4 Å². The van der Waals surface area contributed by atoms with E-state index in [0.717, 1.165) is 28.7 Å². The molecule has 0 fully saturated rings. The highest BCUT2D eigenvalue weighted by Crippen LogP contribution is 2.33. The van der Waals surface area contributed by atoms with E-state index in [4.69, 9.17) is 4.42 Å². The van der Waals surface area contributed by atoms with Crippen LogP contribution < -0.4 is 10.6 Å². The van der Waals surface area contributed by atoms with Crippen LogP contribution in [0.25, 0.3) is 28.3 Å². The Morgan fingerprint density at radius 1 is 1.10 bits per heavy atom. The minimum absolute atomic E-state index is 0.0313. The molecule has 15 nitrogen and oxygen atoms in total. The highest BCUT2D eigenvalue weighted by Gasteiger charge is 2.27. The molecule has 0 unspecified atom stereocenters. The van der Waals surface area contributed by atoms with Gasteiger partial charge in [-0.3, -0.25) is 9.59 Å². The van der Waals surface area contributed by atoms with Crippen LogP contribution in [0.2, 0.25) is 0 Å². The number of carbonyl (C=O) groups is 2. The molecular formula is C25H20N12O3. The van der Waals surface area contributed by atoms with E-state index in [9.17, 15) is 9.59 Å². The van der Waals surface area contributed by atoms with Crippen molar-refractivity contribution in [2.75, 3.05) is 0 Å². The Bertz CT molecular complexity index is 1910. The van der Waals surface area contributed by atoms with E-state index in [1.807, 2.05) is 30.3 Å². The van der Waals surface area contributed by atoms with Gasteiger partial charge in [-0.25, -0.2) is 9.97 Å². The predicted octanol–water partition coefficient (Wildman–Crippen LogP) is 1.50. The number of oxazole rings is 1. The Morgan fingerprint density at radius 3 is 2.90 bits per heavy atom. The van der Waals surface area contributed by atoms with Gasteiger partial charge in [-0.05, 0) is 63.4 Å². The number of aromatic amines is 1. The molecule has 2 amide bonds. The molecule has 6 aromatic rings. The van der Waals surface area contributed by atoms with Crippen molar-refractivity contribution < 1.29 is 14.0 Å². The summed E-state index contributed by atoms with van der Waals surface area (Å²) in [5.41, 5.74) is 5.26. The molecule has 0 aliphatic heterocycles. The standard InChI is InChI=1S/C25H20N12O3/c1-12-27-18-8-13(2-7-21(18)40-12)11-26-24(39)20-10-19(29-25-32-35-36-37(20)25)23(38)28-17-6-4-14-9-15(3-5-16(14)17)22-30-33-34-31-22/h2-3,5,7-10,17H,4,6,11H2,1H3,(H,26,39)(H,28,38)(H,30,31,33,34)/t17-/m0/s1. The van der Waals surface area contributed by atoms with Crippen molar-refractivity contribution in [1.82, 2.24) is 61.3 Å². The molecule has 40 heavy (non-hydrogen) atoms. The summed E-state index contributed by atoms with van der Waals surface area (Å²) in [6.07, 6.45) is 1.49. The molecule has 1 aliphatic rings. The summed E-state index contributed by atoms with van der Waals surface area (Å²) in [5.74, 6) is 0.203. The quantitative estimate of drug-likeness (QED) is 0.279. The number of H-pyrrole nitrogens is 1. The van der Waals surface area contributed by atoms with Gasteiger partial charge in [0.25, 0.3) is 17.6 Å². The number of hydrogen-bond acceptors (Lipinski definition) is 11. The highest BCUT2D eigenvalue weighted by molar-refractivity contribution is 5.98. The van der Waals surface area contributed by atoms with Gasteiger partial charge in [0.1, 0.15) is 16.9 Å². The van der Waals surface area contributed by atoms with E-state index in [1.54, 1.807) is 13.0 Å². The van der Waals surface area contributed by atoms with E-state index >= 15 is 0 Å². The van der Waals surface area contributed by atoms with Gasteiger partial charge in [0.2, 0.25) is 5.82 Å². The van der Waals surface area contributed by atoms with E-state index in [2.05, 4.69) is 56.8 Å². The molecule has 198 valence electrons. The van der Waals surface area contributed by atoms with Crippen LogP contribution >= 0.6 is 0 Å². The number of nitrogens with zero attached hydrogens (tertiary/aromatic N) is 9. The molecular weight excluding hydrogens is 516 g/mol. The first-order valence-corrected chi connectivity index (χ1v) is 12.4. The van der Waals surface area contributed by atoms with Gasteiger partial charge in [-0.1, -0.05) is 23.3 Å². The van der Waals surface area contributed by atoms with Gasteiger partial charge < -0.3 is 15.1 Å². The number of rotatable bonds is 6. The Labute approximate surface area is 224 Å². The third-order valence-corrected chi connectivity index (χ3v) is 6.78. The fourth-order valence-corrected chi connectivity index (χ4v) is 4.91. The number of tetrazole rings is 2. The van der Waals surface area contributed by atoms with Gasteiger partial charge in [-0.15, -0.1) is 10.2 Å². The summed E-state index contributed by atoms with van der Waals surface area (Å²) in [4.78, 5) is 35.0. The van der Waals surface area contributed by atoms with Crippen molar-refractivity contribution >= 4 is 28.7 Å². The van der Waals surface area contributed by atoms with Crippen molar-refractivity contribution in [1.29, 1.82) is 0 Å². The summed E-state index contributed by atoms with van der Waals surface area (Å²) in [6.45, 7) is 1.99. The van der Waals surface area contributed by atoms with Crippen molar-refractivity contribution in [3.05, 3.63) is 76.4 Å². The van der Waals surface area contributed by atoms with Gasteiger partial charge in [0, 0.05) is 25.1 Å². The third kappa shape index (κ3) is 4.18. The highest BCUT2D eigenvalue weighted by atomic mass is 16.3. The first-order chi connectivity index (χ1) is 19.5. The smallest absolute Gasteiger partial charge is 0.274 e. The van der Waals surface area contributed by atoms with Gasteiger partial charge in [0.15, 0.2) is 11.5 Å². The topological polar surface area (TPSA) is 195 Å². The summed E-state index contributed by atoms with van der Waals surface area (Å²) < 4.78 is 6.70. The largest absolute Gasteiger partial charge is 0.441 e. The normalized spacial score (nSPS) is 14.5. The molecule has 0 saturated carbocycles. The second-order valence-electron chi connectivity index (χ2n) is 9.35. The zero-order valence-corrected chi connectivity index (χ0v) is 21.0. The van der Waals surface area contributed by atoms with E-state index in [0.29, 0.717) is 29.2 Å². The van der Waals surface area contributed by atoms with Crippen molar-refractivity contribution in [3.63, 3.8) is 0 Å². The molecule has 1 aliphatic carbocycles. The molecule has 4 aromatic heterocycles. The molecule has 15 heteroatoms. The predicted molar refractivity (Wildman–Crippen MR) is 137 cm³/mol. The average molecular weight is 537 g/mol. The number of fused-ring (bicyclic) bond motifs is 3. The Hall–Kier alpha value is -5.60.